The van der Waals surface area contributed by atoms with E-state index in [1.165, 1.54) is 19.3 Å². The van der Waals surface area contributed by atoms with Crippen molar-refractivity contribution in [3.05, 3.63) is 47.1 Å². The SMILES string of the molecule is CO[C@H]1C[C@H](O[C@@H]2/C(C)=C\C[C@@H]3C[C@@H](C[C@]4(CC[C@H](C)[C@@H](C5CCCCC5)O4)O3)OC(=O)[C@@H]3C=C(C)/C(=N\O)[C@H]4OC/C(=C/C=C\[C@@H]2C)[C@]43O)O[C@@H](C)[C@@H]1O. The van der Waals surface area contributed by atoms with E-state index in [1.807, 2.05) is 19.1 Å². The van der Waals surface area contributed by atoms with Crippen LogP contribution in [-0.2, 0) is 38.0 Å². The molecule has 5 heterocycles. The van der Waals surface area contributed by atoms with Gasteiger partial charge in [-0.05, 0) is 75.0 Å². The van der Waals surface area contributed by atoms with E-state index in [0.29, 0.717) is 55.1 Å². The molecule has 1 saturated carbocycles. The van der Waals surface area contributed by atoms with Gasteiger partial charge in [-0.3, -0.25) is 4.79 Å². The van der Waals surface area contributed by atoms with Crippen molar-refractivity contribution in [1.82, 2.24) is 0 Å². The molecule has 5 fully saturated rings. The summed E-state index contributed by atoms with van der Waals surface area (Å²) < 4.78 is 45.1. The molecular formula is C43H63NO11. The Kier molecular flexibility index (Phi) is 12.5. The summed E-state index contributed by atoms with van der Waals surface area (Å²) in [7, 11) is 1.59. The second-order valence-electron chi connectivity index (χ2n) is 17.4. The fraction of sp³-hybridized carbons (Fsp3) is 0.767. The third-order valence-corrected chi connectivity index (χ3v) is 13.6. The first-order chi connectivity index (χ1) is 26.4. The first-order valence-electron chi connectivity index (χ1n) is 20.7. The van der Waals surface area contributed by atoms with Crippen LogP contribution < -0.4 is 0 Å². The van der Waals surface area contributed by atoms with E-state index in [1.54, 1.807) is 26.2 Å². The Bertz CT molecular complexity index is 1550. The van der Waals surface area contributed by atoms with Crippen molar-refractivity contribution < 1.29 is 53.4 Å². The third kappa shape index (κ3) is 8.17. The van der Waals surface area contributed by atoms with Crippen LogP contribution in [0.3, 0.4) is 0 Å². The van der Waals surface area contributed by atoms with Crippen molar-refractivity contribution in [3.63, 3.8) is 0 Å². The summed E-state index contributed by atoms with van der Waals surface area (Å²) in [6.07, 6.45) is 14.4. The van der Waals surface area contributed by atoms with Gasteiger partial charge in [0.2, 0.25) is 0 Å². The lowest BCUT2D eigenvalue weighted by molar-refractivity contribution is -0.342. The second-order valence-corrected chi connectivity index (χ2v) is 17.4. The van der Waals surface area contributed by atoms with Gasteiger partial charge in [-0.25, -0.2) is 0 Å². The minimum absolute atomic E-state index is 0.0359. The van der Waals surface area contributed by atoms with E-state index in [9.17, 15) is 20.2 Å². The molecule has 12 heteroatoms. The number of nitrogens with zero attached hydrogens (tertiary/aromatic N) is 1. The largest absolute Gasteiger partial charge is 0.462 e. The van der Waals surface area contributed by atoms with Gasteiger partial charge in [-0.2, -0.15) is 0 Å². The van der Waals surface area contributed by atoms with E-state index >= 15 is 0 Å². The Morgan fingerprint density at radius 2 is 1.80 bits per heavy atom. The second kappa shape index (κ2) is 16.8. The molecule has 12 nitrogen and oxygen atoms in total. The fourth-order valence-electron chi connectivity index (χ4n) is 10.4. The zero-order chi connectivity index (χ0) is 39.1. The molecule has 1 spiro atoms. The van der Waals surface area contributed by atoms with Crippen molar-refractivity contribution in [1.29, 1.82) is 0 Å². The highest BCUT2D eigenvalue weighted by Crippen LogP contribution is 2.48. The molecule has 0 amide bonds. The molecule has 3 N–H and O–H groups in total. The van der Waals surface area contributed by atoms with Crippen molar-refractivity contribution >= 4 is 11.7 Å². The molecule has 2 aliphatic carbocycles. The molecule has 5 aliphatic heterocycles. The Morgan fingerprint density at radius 3 is 2.55 bits per heavy atom. The van der Waals surface area contributed by atoms with Crippen LogP contribution in [-0.4, -0.2) is 107 Å². The molecule has 14 atom stereocenters. The van der Waals surface area contributed by atoms with Gasteiger partial charge in [0.1, 0.15) is 35.5 Å². The number of fused-ring (bicyclic) bond motifs is 2. The summed E-state index contributed by atoms with van der Waals surface area (Å²) in [5.41, 5.74) is 0.362. The highest BCUT2D eigenvalue weighted by molar-refractivity contribution is 6.06. The number of allylic oxidation sites excluding steroid dienone is 2. The predicted molar refractivity (Wildman–Crippen MR) is 203 cm³/mol. The normalized spacial score (nSPS) is 47.9. The number of aliphatic hydroxyl groups excluding tert-OH is 1. The Morgan fingerprint density at radius 1 is 1.02 bits per heavy atom. The molecule has 7 rings (SSSR count). The maximum atomic E-state index is 14.4. The minimum Gasteiger partial charge on any atom is -0.462 e. The Labute approximate surface area is 325 Å². The summed E-state index contributed by atoms with van der Waals surface area (Å²) >= 11 is 0. The molecule has 0 aromatic heterocycles. The molecule has 306 valence electrons. The number of oxime groups is 1. The van der Waals surface area contributed by atoms with E-state index in [0.717, 1.165) is 24.8 Å². The maximum absolute atomic E-state index is 14.4. The number of aliphatic hydroxyl groups is 2. The number of ether oxygens (including phenoxy) is 7. The number of methoxy groups -OCH3 is 1. The van der Waals surface area contributed by atoms with Crippen LogP contribution in [0.25, 0.3) is 0 Å². The Hall–Kier alpha value is -2.42. The van der Waals surface area contributed by atoms with Crippen LogP contribution in [0.2, 0.25) is 0 Å². The number of esters is 1. The topological polar surface area (TPSA) is 155 Å². The molecule has 0 aromatic carbocycles. The van der Waals surface area contributed by atoms with Crippen molar-refractivity contribution in [2.45, 2.75) is 172 Å². The van der Waals surface area contributed by atoms with Gasteiger partial charge >= 0.3 is 5.97 Å². The summed E-state index contributed by atoms with van der Waals surface area (Å²) in [6, 6.07) is 0. The van der Waals surface area contributed by atoms with E-state index < -0.39 is 66.2 Å². The Balaban J connectivity index is 1.25. The number of hydrogen-bond donors (Lipinski definition) is 3. The average Bonchev–Trinajstić information content (AvgIpc) is 3.50. The molecule has 0 unspecified atom stereocenters. The number of carbonyl (C=O) groups excluding carboxylic acids is 1. The third-order valence-electron chi connectivity index (χ3n) is 13.6. The number of rotatable bonds is 4. The lowest BCUT2D eigenvalue weighted by Gasteiger charge is -2.51. The van der Waals surface area contributed by atoms with Gasteiger partial charge in [0.05, 0.1) is 37.1 Å². The lowest BCUT2D eigenvalue weighted by atomic mass is 9.71. The van der Waals surface area contributed by atoms with Crippen molar-refractivity contribution in [3.8, 4) is 0 Å². The minimum atomic E-state index is -1.83. The summed E-state index contributed by atoms with van der Waals surface area (Å²) in [4.78, 5) is 14.4. The van der Waals surface area contributed by atoms with Gasteiger partial charge in [0, 0.05) is 38.7 Å². The highest BCUT2D eigenvalue weighted by Gasteiger charge is 2.60. The van der Waals surface area contributed by atoms with Crippen molar-refractivity contribution in [2.75, 3.05) is 13.7 Å². The molecule has 4 saturated heterocycles. The summed E-state index contributed by atoms with van der Waals surface area (Å²) in [6.45, 7) is 10.0. The molecule has 0 aromatic rings. The first-order valence-corrected chi connectivity index (χ1v) is 20.7. The smallest absolute Gasteiger partial charge is 0.316 e. The maximum Gasteiger partial charge on any atom is 0.316 e. The summed E-state index contributed by atoms with van der Waals surface area (Å²) in [5.74, 6) is -1.83. The lowest BCUT2D eigenvalue weighted by Crippen LogP contribution is -2.57. The predicted octanol–water partition coefficient (Wildman–Crippen LogP) is 6.07. The van der Waals surface area contributed by atoms with Gasteiger partial charge in [-0.15, -0.1) is 0 Å². The molecule has 55 heavy (non-hydrogen) atoms. The zero-order valence-corrected chi connectivity index (χ0v) is 33.4. The first kappa shape index (κ1) is 40.8. The van der Waals surface area contributed by atoms with Gasteiger partial charge in [0.15, 0.2) is 12.1 Å². The van der Waals surface area contributed by atoms with E-state index in [2.05, 4.69) is 32.0 Å². The quantitative estimate of drug-likeness (QED) is 0.132. The molecule has 7 aliphatic rings. The van der Waals surface area contributed by atoms with Crippen molar-refractivity contribution in [2.24, 2.45) is 28.8 Å². The van der Waals surface area contributed by atoms with Crippen LogP contribution in [0.15, 0.2) is 52.3 Å². The standard InChI is InChI=1S/C43H63NO11/c1-24-11-10-14-30-23-50-40-36(44-48)27(4)19-33(43(30,40)47)41(46)52-32-20-31(16-15-25(2)38(24)53-35-21-34(49-6)37(45)28(5)51-35)54-42(22-32)18-17-26(3)39(55-42)29-12-8-7-9-13-29/h10-11,14-15,19,24,26,28-29,31-35,37-40,45,47-48H,7-9,12-13,16-18,20-23H2,1-6H3/b11-10-,25-15-,30-14-,44-36+/t24-,26-,28-,31+,32-,33-,34-,35-,37-,38-,39-,40+,42+,43+/m0/s1. The van der Waals surface area contributed by atoms with Gasteiger partial charge in [0.25, 0.3) is 0 Å². The number of hydrogen-bond acceptors (Lipinski definition) is 12. The summed E-state index contributed by atoms with van der Waals surface area (Å²) in [5, 5.41) is 36.7. The molecular weight excluding hydrogens is 706 g/mol. The zero-order valence-electron chi connectivity index (χ0n) is 33.4. The van der Waals surface area contributed by atoms with E-state index in [-0.39, 0.29) is 30.4 Å². The molecule has 2 bridgehead atoms. The highest BCUT2D eigenvalue weighted by atomic mass is 16.7. The van der Waals surface area contributed by atoms with E-state index in [4.69, 9.17) is 33.2 Å². The van der Waals surface area contributed by atoms with Crippen LogP contribution in [0.5, 0.6) is 0 Å². The van der Waals surface area contributed by atoms with Crippen LogP contribution in [0.4, 0.5) is 0 Å². The van der Waals surface area contributed by atoms with Gasteiger partial charge < -0.3 is 48.6 Å². The van der Waals surface area contributed by atoms with Crippen LogP contribution in [0.1, 0.15) is 105 Å². The van der Waals surface area contributed by atoms with Crippen LogP contribution in [0, 0.1) is 23.7 Å². The monoisotopic (exact) mass is 769 g/mol. The van der Waals surface area contributed by atoms with Gasteiger partial charge in [-0.1, -0.05) is 68.6 Å². The fourth-order valence-corrected chi connectivity index (χ4v) is 10.4. The molecule has 0 radical (unpaired) electrons. The number of carbonyl (C=O) groups is 1. The average molecular weight is 770 g/mol. The van der Waals surface area contributed by atoms with Crippen LogP contribution >= 0.6 is 0 Å².